The van der Waals surface area contributed by atoms with Crippen molar-refractivity contribution in [1.82, 2.24) is 0 Å². The van der Waals surface area contributed by atoms with Crippen LogP contribution >= 0.6 is 7.80 Å². The first-order valence-corrected chi connectivity index (χ1v) is 12.7. The first-order valence-electron chi connectivity index (χ1n) is 11.3. The van der Waals surface area contributed by atoms with Gasteiger partial charge in [-0.2, -0.15) is 0 Å². The number of methoxy groups -OCH3 is 3. The largest absolute Gasteiger partial charge is 0.496 e. The van der Waals surface area contributed by atoms with Crippen LogP contribution in [0.1, 0.15) is 40.1 Å². The molecule has 0 saturated heterocycles. The molecule has 3 aromatic carbocycles. The van der Waals surface area contributed by atoms with E-state index < -0.39 is 13.3 Å². The highest BCUT2D eigenvalue weighted by molar-refractivity contribution is 7.72. The molecular formula is C27H29O8P. The normalized spacial score (nSPS) is 11.4. The fraction of sp³-hybridized carbons (Fsp3) is 0.259. The van der Waals surface area contributed by atoms with E-state index in [-0.39, 0.29) is 58.4 Å². The average Bonchev–Trinajstić information content (AvgIpc) is 2.92. The number of carbonyl (C=O) groups is 2. The van der Waals surface area contributed by atoms with Gasteiger partial charge in [-0.3, -0.25) is 9.59 Å². The van der Waals surface area contributed by atoms with Gasteiger partial charge in [-0.1, -0.05) is 30.3 Å². The Hall–Kier alpha value is -3.77. The minimum atomic E-state index is -3.31. The molecule has 3 rings (SSSR count). The number of benzene rings is 3. The lowest BCUT2D eigenvalue weighted by Crippen LogP contribution is -2.18. The Morgan fingerprint density at radius 2 is 1.39 bits per heavy atom. The van der Waals surface area contributed by atoms with Crippen molar-refractivity contribution in [3.8, 4) is 28.7 Å². The number of carbonyl (C=O) groups excluding carboxylic acids is 2. The van der Waals surface area contributed by atoms with Crippen LogP contribution in [0.5, 0.6) is 28.7 Å². The fourth-order valence-electron chi connectivity index (χ4n) is 3.73. The molecule has 36 heavy (non-hydrogen) atoms. The van der Waals surface area contributed by atoms with Crippen molar-refractivity contribution in [3.05, 3.63) is 71.3 Å². The molecule has 0 aliphatic rings. The van der Waals surface area contributed by atoms with Crippen LogP contribution in [0.25, 0.3) is 0 Å². The van der Waals surface area contributed by atoms with Gasteiger partial charge in [0.25, 0.3) is 0 Å². The Kier molecular flexibility index (Phi) is 9.14. The second-order valence-corrected chi connectivity index (χ2v) is 9.05. The Labute approximate surface area is 210 Å². The summed E-state index contributed by atoms with van der Waals surface area (Å²) in [6.07, 6.45) is 0. The lowest BCUT2D eigenvalue weighted by Gasteiger charge is -2.19. The van der Waals surface area contributed by atoms with E-state index in [0.717, 1.165) is 0 Å². The maximum atomic E-state index is 14.0. The van der Waals surface area contributed by atoms with Gasteiger partial charge in [-0.25, -0.2) is 0 Å². The Morgan fingerprint density at radius 3 is 1.92 bits per heavy atom. The number of hydrogen-bond donors (Lipinski definition) is 0. The van der Waals surface area contributed by atoms with Gasteiger partial charge in [0.15, 0.2) is 13.6 Å². The predicted molar refractivity (Wildman–Crippen MR) is 138 cm³/mol. The van der Waals surface area contributed by atoms with Crippen molar-refractivity contribution in [2.24, 2.45) is 0 Å². The monoisotopic (exact) mass is 512 g/mol. The maximum absolute atomic E-state index is 14.0. The van der Waals surface area contributed by atoms with E-state index in [2.05, 4.69) is 0 Å². The summed E-state index contributed by atoms with van der Waals surface area (Å²) in [5, 5.41) is 0.0374. The van der Waals surface area contributed by atoms with Crippen molar-refractivity contribution in [2.75, 3.05) is 34.5 Å². The lowest BCUT2D eigenvalue weighted by molar-refractivity contribution is 0.103. The van der Waals surface area contributed by atoms with Crippen molar-refractivity contribution < 1.29 is 37.8 Å². The summed E-state index contributed by atoms with van der Waals surface area (Å²) in [6, 6.07) is 14.8. The third-order valence-corrected chi connectivity index (χ3v) is 6.95. The Bertz CT molecular complexity index is 1250. The summed E-state index contributed by atoms with van der Waals surface area (Å²) >= 11 is 0. The second kappa shape index (κ2) is 12.3. The van der Waals surface area contributed by atoms with E-state index in [1.807, 2.05) is 0 Å². The van der Waals surface area contributed by atoms with Gasteiger partial charge in [0, 0.05) is 17.7 Å². The molecule has 0 aromatic heterocycles. The van der Waals surface area contributed by atoms with Crippen LogP contribution in [0.15, 0.2) is 54.6 Å². The highest BCUT2D eigenvalue weighted by Gasteiger charge is 2.32. The van der Waals surface area contributed by atoms with Gasteiger partial charge in [0.05, 0.1) is 40.1 Å². The van der Waals surface area contributed by atoms with Crippen molar-refractivity contribution in [1.29, 1.82) is 0 Å². The summed E-state index contributed by atoms with van der Waals surface area (Å²) in [5.74, 6) is 0.616. The van der Waals surface area contributed by atoms with Crippen LogP contribution in [-0.2, 0) is 4.57 Å². The number of hydrogen-bond acceptors (Lipinski definition) is 8. The van der Waals surface area contributed by atoms with E-state index in [1.165, 1.54) is 39.5 Å². The van der Waals surface area contributed by atoms with Crippen LogP contribution in [0.3, 0.4) is 0 Å². The first kappa shape index (κ1) is 26.8. The molecule has 0 bridgehead atoms. The summed E-state index contributed by atoms with van der Waals surface area (Å²) in [5.41, 5.74) is -0.128. The third kappa shape index (κ3) is 5.39. The SMILES string of the molecule is CCOc1ccc(C(=O)c2ccccc2)c(OCC)c1[PH](=O)C(=O)c1c(OC)cc(OC)cc1OC. The quantitative estimate of drug-likeness (QED) is 0.253. The van der Waals surface area contributed by atoms with Gasteiger partial charge in [-0.15, -0.1) is 0 Å². The molecule has 8 nitrogen and oxygen atoms in total. The molecule has 9 heteroatoms. The van der Waals surface area contributed by atoms with Gasteiger partial charge in [-0.05, 0) is 26.0 Å². The zero-order valence-corrected chi connectivity index (χ0v) is 21.9. The highest BCUT2D eigenvalue weighted by Crippen LogP contribution is 2.43. The summed E-state index contributed by atoms with van der Waals surface area (Å²) in [6.45, 7) is 3.93. The van der Waals surface area contributed by atoms with E-state index in [4.69, 9.17) is 23.7 Å². The molecule has 0 saturated carbocycles. The molecule has 190 valence electrons. The summed E-state index contributed by atoms with van der Waals surface area (Å²) in [4.78, 5) is 27.1. The van der Waals surface area contributed by atoms with Crippen LogP contribution < -0.4 is 29.0 Å². The van der Waals surface area contributed by atoms with E-state index in [1.54, 1.807) is 50.2 Å². The number of rotatable bonds is 12. The van der Waals surface area contributed by atoms with Gasteiger partial charge >= 0.3 is 0 Å². The predicted octanol–water partition coefficient (Wildman–Crippen LogP) is 4.77. The van der Waals surface area contributed by atoms with Gasteiger partial charge in [0.2, 0.25) is 5.52 Å². The van der Waals surface area contributed by atoms with Gasteiger partial charge < -0.3 is 28.2 Å². The standard InChI is InChI=1S/C27H29O8P/c1-6-34-20-14-13-19(24(28)17-11-9-8-10-12-17)25(35-7-2)26(20)36(30)27(29)23-21(32-4)15-18(31-3)16-22(23)33-5/h8-16,36H,6-7H2,1-5H3. The van der Waals surface area contributed by atoms with Crippen LogP contribution in [0.4, 0.5) is 0 Å². The van der Waals surface area contributed by atoms with E-state index >= 15 is 0 Å². The number of ketones is 1. The molecule has 0 radical (unpaired) electrons. The van der Waals surface area contributed by atoms with E-state index in [0.29, 0.717) is 11.3 Å². The zero-order valence-electron chi connectivity index (χ0n) is 20.9. The van der Waals surface area contributed by atoms with Crippen molar-refractivity contribution in [2.45, 2.75) is 13.8 Å². The minimum absolute atomic E-state index is 0.00521. The van der Waals surface area contributed by atoms with Crippen molar-refractivity contribution >= 4 is 24.4 Å². The average molecular weight is 512 g/mol. The topological polar surface area (TPSA) is 97.4 Å². The second-order valence-electron chi connectivity index (χ2n) is 7.44. The minimum Gasteiger partial charge on any atom is -0.496 e. The first-order chi connectivity index (χ1) is 17.4. The highest BCUT2D eigenvalue weighted by atomic mass is 31.1. The zero-order chi connectivity index (χ0) is 26.2. The molecule has 1 atom stereocenters. The third-order valence-electron chi connectivity index (χ3n) is 5.36. The van der Waals surface area contributed by atoms with Crippen molar-refractivity contribution in [3.63, 3.8) is 0 Å². The smallest absolute Gasteiger partial charge is 0.230 e. The molecule has 0 spiro atoms. The Balaban J connectivity index is 2.23. The molecule has 0 heterocycles. The Morgan fingerprint density at radius 1 is 0.778 bits per heavy atom. The van der Waals surface area contributed by atoms with Gasteiger partial charge in [0.1, 0.15) is 39.6 Å². The summed E-state index contributed by atoms with van der Waals surface area (Å²) in [7, 11) is 0.932. The molecule has 1 unspecified atom stereocenters. The molecule has 3 aromatic rings. The van der Waals surface area contributed by atoms with Crippen LogP contribution in [0, 0.1) is 0 Å². The molecule has 0 aliphatic carbocycles. The van der Waals surface area contributed by atoms with Crippen LogP contribution in [0.2, 0.25) is 0 Å². The molecular weight excluding hydrogens is 483 g/mol. The molecule has 0 fully saturated rings. The molecule has 0 N–H and O–H groups in total. The summed E-state index contributed by atoms with van der Waals surface area (Å²) < 4.78 is 41.6. The maximum Gasteiger partial charge on any atom is 0.230 e. The van der Waals surface area contributed by atoms with Crippen LogP contribution in [-0.4, -0.2) is 45.9 Å². The lowest BCUT2D eigenvalue weighted by atomic mass is 10.0. The number of ether oxygens (including phenoxy) is 5. The fourth-order valence-corrected chi connectivity index (χ4v) is 5.22. The van der Waals surface area contributed by atoms with E-state index in [9.17, 15) is 14.2 Å². The molecule has 0 aliphatic heterocycles. The molecule has 0 amide bonds.